The van der Waals surface area contributed by atoms with Crippen LogP contribution in [0.4, 0.5) is 13.2 Å². The molecule has 0 radical (unpaired) electrons. The van der Waals surface area contributed by atoms with Crippen LogP contribution in [0.1, 0.15) is 30.4 Å². The van der Waals surface area contributed by atoms with Gasteiger partial charge in [0.1, 0.15) is 0 Å². The van der Waals surface area contributed by atoms with Gasteiger partial charge in [0.25, 0.3) is 0 Å². The Morgan fingerprint density at radius 1 is 1.29 bits per heavy atom. The first kappa shape index (κ1) is 16.3. The third-order valence-electron chi connectivity index (χ3n) is 4.10. The van der Waals surface area contributed by atoms with Gasteiger partial charge in [-0.15, -0.1) is 0 Å². The van der Waals surface area contributed by atoms with E-state index in [9.17, 15) is 13.2 Å². The van der Waals surface area contributed by atoms with Gasteiger partial charge in [0.2, 0.25) is 0 Å². The molecule has 1 aliphatic heterocycles. The highest BCUT2D eigenvalue weighted by molar-refractivity contribution is 5.26. The molecule has 21 heavy (non-hydrogen) atoms. The van der Waals surface area contributed by atoms with Gasteiger partial charge in [-0.25, -0.2) is 0 Å². The van der Waals surface area contributed by atoms with E-state index in [1.807, 2.05) is 7.05 Å². The van der Waals surface area contributed by atoms with Crippen molar-refractivity contribution >= 4 is 0 Å². The second-order valence-corrected chi connectivity index (χ2v) is 5.68. The van der Waals surface area contributed by atoms with Crippen molar-refractivity contribution in [3.8, 4) is 0 Å². The summed E-state index contributed by atoms with van der Waals surface area (Å²) in [5.74, 6) is 0.599. The van der Waals surface area contributed by atoms with Crippen molar-refractivity contribution < 1.29 is 17.9 Å². The first-order valence-corrected chi connectivity index (χ1v) is 7.40. The van der Waals surface area contributed by atoms with Crippen LogP contribution in [-0.4, -0.2) is 26.3 Å². The van der Waals surface area contributed by atoms with Gasteiger partial charge in [0, 0.05) is 19.3 Å². The van der Waals surface area contributed by atoms with Crippen molar-refractivity contribution in [3.63, 3.8) is 0 Å². The highest BCUT2D eigenvalue weighted by Crippen LogP contribution is 2.30. The lowest BCUT2D eigenvalue weighted by molar-refractivity contribution is -0.137. The molecule has 1 saturated heterocycles. The second kappa shape index (κ2) is 7.27. The van der Waals surface area contributed by atoms with Crippen LogP contribution in [0.15, 0.2) is 24.3 Å². The summed E-state index contributed by atoms with van der Waals surface area (Å²) in [5, 5.41) is 3.23. The summed E-state index contributed by atoms with van der Waals surface area (Å²) < 4.78 is 43.5. The van der Waals surface area contributed by atoms with E-state index in [-0.39, 0.29) is 6.04 Å². The summed E-state index contributed by atoms with van der Waals surface area (Å²) in [6.45, 7) is 1.59. The van der Waals surface area contributed by atoms with Crippen LogP contribution in [0.3, 0.4) is 0 Å². The molecule has 0 bridgehead atoms. The molecule has 118 valence electrons. The smallest absolute Gasteiger partial charge is 0.381 e. The third-order valence-corrected chi connectivity index (χ3v) is 4.10. The molecule has 1 aliphatic rings. The number of hydrogen-bond acceptors (Lipinski definition) is 2. The van der Waals surface area contributed by atoms with Gasteiger partial charge < -0.3 is 10.1 Å². The lowest BCUT2D eigenvalue weighted by atomic mass is 9.89. The van der Waals surface area contributed by atoms with Crippen molar-refractivity contribution in [2.24, 2.45) is 5.92 Å². The van der Waals surface area contributed by atoms with Gasteiger partial charge in [-0.1, -0.05) is 18.2 Å². The molecule has 1 aromatic carbocycles. The van der Waals surface area contributed by atoms with Gasteiger partial charge in [-0.05, 0) is 50.3 Å². The minimum atomic E-state index is -4.27. The molecular formula is C16H22F3NO. The molecule has 1 unspecified atom stereocenters. The van der Waals surface area contributed by atoms with Crippen LogP contribution >= 0.6 is 0 Å². The predicted molar refractivity (Wildman–Crippen MR) is 76.2 cm³/mol. The van der Waals surface area contributed by atoms with E-state index in [1.165, 1.54) is 12.1 Å². The van der Waals surface area contributed by atoms with Gasteiger partial charge in [-0.3, -0.25) is 0 Å². The molecule has 0 amide bonds. The molecule has 5 heteroatoms. The Kier molecular flexibility index (Phi) is 5.65. The molecule has 1 heterocycles. The van der Waals surface area contributed by atoms with E-state index < -0.39 is 11.7 Å². The predicted octanol–water partition coefficient (Wildman–Crippen LogP) is 3.65. The minimum Gasteiger partial charge on any atom is -0.381 e. The Balaban J connectivity index is 1.97. The Bertz CT molecular complexity index is 441. The number of alkyl halides is 3. The van der Waals surface area contributed by atoms with Crippen LogP contribution in [0.2, 0.25) is 0 Å². The van der Waals surface area contributed by atoms with E-state index in [4.69, 9.17) is 4.74 Å². The van der Waals surface area contributed by atoms with Crippen molar-refractivity contribution in [2.75, 3.05) is 20.3 Å². The quantitative estimate of drug-likeness (QED) is 0.896. The molecular weight excluding hydrogens is 279 g/mol. The average Bonchev–Trinajstić information content (AvgIpc) is 2.47. The lowest BCUT2D eigenvalue weighted by Gasteiger charge is -2.26. The summed E-state index contributed by atoms with van der Waals surface area (Å²) in [6.07, 6.45) is -0.582. The Hall–Kier alpha value is -1.07. The van der Waals surface area contributed by atoms with Crippen molar-refractivity contribution in [2.45, 2.75) is 37.9 Å². The summed E-state index contributed by atoms with van der Waals surface area (Å²) >= 11 is 0. The monoisotopic (exact) mass is 301 g/mol. The molecule has 1 fully saturated rings. The largest absolute Gasteiger partial charge is 0.416 e. The Morgan fingerprint density at radius 3 is 2.62 bits per heavy atom. The highest BCUT2D eigenvalue weighted by atomic mass is 19.4. The van der Waals surface area contributed by atoms with Gasteiger partial charge in [0.15, 0.2) is 0 Å². The summed E-state index contributed by atoms with van der Waals surface area (Å²) in [7, 11) is 1.87. The molecule has 2 rings (SSSR count). The zero-order chi connectivity index (χ0) is 15.3. The van der Waals surface area contributed by atoms with E-state index in [0.717, 1.165) is 44.1 Å². The molecule has 1 N–H and O–H groups in total. The molecule has 2 nitrogen and oxygen atoms in total. The number of hydrogen-bond donors (Lipinski definition) is 1. The molecule has 0 aromatic heterocycles. The zero-order valence-corrected chi connectivity index (χ0v) is 12.2. The molecule has 0 saturated carbocycles. The molecule has 1 atom stereocenters. The summed E-state index contributed by atoms with van der Waals surface area (Å²) in [6, 6.07) is 5.84. The second-order valence-electron chi connectivity index (χ2n) is 5.68. The number of benzene rings is 1. The maximum atomic E-state index is 12.7. The standard InChI is InChI=1S/C16H22F3NO/c1-20-15(10-12-5-7-21-8-6-12)11-13-3-2-4-14(9-13)16(17,18)19/h2-4,9,12,15,20H,5-8,10-11H2,1H3. The lowest BCUT2D eigenvalue weighted by Crippen LogP contribution is -2.32. The summed E-state index contributed by atoms with van der Waals surface area (Å²) in [4.78, 5) is 0. The van der Waals surface area contributed by atoms with Crippen LogP contribution < -0.4 is 5.32 Å². The first-order chi connectivity index (χ1) is 9.99. The van der Waals surface area contributed by atoms with Crippen LogP contribution in [0.5, 0.6) is 0 Å². The maximum Gasteiger partial charge on any atom is 0.416 e. The fourth-order valence-electron chi connectivity index (χ4n) is 2.85. The third kappa shape index (κ3) is 5.00. The van der Waals surface area contributed by atoms with E-state index >= 15 is 0 Å². The first-order valence-electron chi connectivity index (χ1n) is 7.40. The number of rotatable bonds is 5. The number of nitrogens with one attached hydrogen (secondary N) is 1. The van der Waals surface area contributed by atoms with E-state index in [2.05, 4.69) is 5.32 Å². The van der Waals surface area contributed by atoms with Gasteiger partial charge in [-0.2, -0.15) is 13.2 Å². The topological polar surface area (TPSA) is 21.3 Å². The fraction of sp³-hybridized carbons (Fsp3) is 0.625. The molecule has 0 aliphatic carbocycles. The van der Waals surface area contributed by atoms with Crippen LogP contribution in [0.25, 0.3) is 0 Å². The van der Waals surface area contributed by atoms with Crippen LogP contribution in [0, 0.1) is 5.92 Å². The number of likely N-dealkylation sites (N-methyl/N-ethyl adjacent to an activating group) is 1. The molecule has 0 spiro atoms. The average molecular weight is 301 g/mol. The van der Waals surface area contributed by atoms with Crippen molar-refractivity contribution in [3.05, 3.63) is 35.4 Å². The van der Waals surface area contributed by atoms with E-state index in [1.54, 1.807) is 6.07 Å². The normalized spacial score (nSPS) is 18.7. The van der Waals surface area contributed by atoms with Crippen LogP contribution in [-0.2, 0) is 17.3 Å². The van der Waals surface area contributed by atoms with Gasteiger partial charge in [0.05, 0.1) is 5.56 Å². The minimum absolute atomic E-state index is 0.205. The van der Waals surface area contributed by atoms with Gasteiger partial charge >= 0.3 is 6.18 Å². The van der Waals surface area contributed by atoms with Crippen molar-refractivity contribution in [1.29, 1.82) is 0 Å². The number of ether oxygens (including phenoxy) is 1. The maximum absolute atomic E-state index is 12.7. The number of halogens is 3. The zero-order valence-electron chi connectivity index (χ0n) is 12.2. The Labute approximate surface area is 123 Å². The van der Waals surface area contributed by atoms with E-state index in [0.29, 0.717) is 12.3 Å². The molecule has 1 aromatic rings. The highest BCUT2D eigenvalue weighted by Gasteiger charge is 2.30. The SMILES string of the molecule is CNC(Cc1cccc(C(F)(F)F)c1)CC1CCOCC1. The van der Waals surface area contributed by atoms with Crippen molar-refractivity contribution in [1.82, 2.24) is 5.32 Å². The Morgan fingerprint density at radius 2 is 2.00 bits per heavy atom. The summed E-state index contributed by atoms with van der Waals surface area (Å²) in [5.41, 5.74) is 0.164. The fourth-order valence-corrected chi connectivity index (χ4v) is 2.85.